The third-order valence-corrected chi connectivity index (χ3v) is 4.26. The van der Waals surface area contributed by atoms with E-state index in [2.05, 4.69) is 0 Å². The number of rotatable bonds is 3. The number of carbonyl (C=O) groups excluding carboxylic acids is 2. The van der Waals surface area contributed by atoms with E-state index in [0.29, 0.717) is 12.8 Å². The Bertz CT molecular complexity index is 506. The van der Waals surface area contributed by atoms with E-state index in [1.807, 2.05) is 24.3 Å². The molecule has 20 heavy (non-hydrogen) atoms. The van der Waals surface area contributed by atoms with Gasteiger partial charge in [-0.2, -0.15) is 0 Å². The number of ketones is 1. The lowest BCUT2D eigenvalue weighted by molar-refractivity contribution is -0.159. The van der Waals surface area contributed by atoms with Crippen molar-refractivity contribution in [2.24, 2.45) is 5.41 Å². The van der Waals surface area contributed by atoms with Gasteiger partial charge in [0.2, 0.25) is 0 Å². The van der Waals surface area contributed by atoms with Crippen molar-refractivity contribution in [3.63, 3.8) is 0 Å². The van der Waals surface area contributed by atoms with Crippen LogP contribution < -0.4 is 4.74 Å². The standard InChI is InChI=1S/C16H20O4/c1-16(15(18)20-3)9-8-12(10-14(16)17)11-4-6-13(19-2)7-5-11/h4-7,12H,8-10H2,1-3H3/t12-,16+/m0/s1. The zero-order valence-electron chi connectivity index (χ0n) is 12.1. The summed E-state index contributed by atoms with van der Waals surface area (Å²) in [5, 5.41) is 0. The van der Waals surface area contributed by atoms with Crippen LogP contribution in [0.1, 0.15) is 37.7 Å². The van der Waals surface area contributed by atoms with Crippen molar-refractivity contribution in [1.82, 2.24) is 0 Å². The topological polar surface area (TPSA) is 52.6 Å². The molecule has 0 N–H and O–H groups in total. The lowest BCUT2D eigenvalue weighted by atomic mass is 9.69. The van der Waals surface area contributed by atoms with Gasteiger partial charge in [-0.15, -0.1) is 0 Å². The van der Waals surface area contributed by atoms with Crippen LogP contribution >= 0.6 is 0 Å². The molecule has 1 aromatic carbocycles. The van der Waals surface area contributed by atoms with E-state index in [4.69, 9.17) is 9.47 Å². The SMILES string of the molecule is COC(=O)[C@]1(C)CC[C@H](c2ccc(OC)cc2)CC1=O. The third kappa shape index (κ3) is 2.55. The van der Waals surface area contributed by atoms with E-state index in [1.165, 1.54) is 7.11 Å². The van der Waals surface area contributed by atoms with E-state index < -0.39 is 11.4 Å². The van der Waals surface area contributed by atoms with Gasteiger partial charge in [-0.1, -0.05) is 12.1 Å². The summed E-state index contributed by atoms with van der Waals surface area (Å²) < 4.78 is 9.89. The molecular weight excluding hydrogens is 256 g/mol. The third-order valence-electron chi connectivity index (χ3n) is 4.26. The van der Waals surface area contributed by atoms with Gasteiger partial charge in [0.15, 0.2) is 5.78 Å². The number of methoxy groups -OCH3 is 2. The summed E-state index contributed by atoms with van der Waals surface area (Å²) in [6, 6.07) is 7.76. The summed E-state index contributed by atoms with van der Waals surface area (Å²) in [4.78, 5) is 24.1. The Morgan fingerprint density at radius 2 is 1.90 bits per heavy atom. The van der Waals surface area contributed by atoms with Crippen molar-refractivity contribution in [1.29, 1.82) is 0 Å². The zero-order chi connectivity index (χ0) is 14.8. The molecule has 0 heterocycles. The smallest absolute Gasteiger partial charge is 0.319 e. The number of Topliss-reactive ketones (excluding diaryl/α,β-unsaturated/α-hetero) is 1. The molecule has 1 saturated carbocycles. The Morgan fingerprint density at radius 3 is 2.40 bits per heavy atom. The van der Waals surface area contributed by atoms with Crippen molar-refractivity contribution in [2.45, 2.75) is 32.1 Å². The minimum absolute atomic E-state index is 0.0311. The second-order valence-electron chi connectivity index (χ2n) is 5.46. The minimum atomic E-state index is -0.974. The van der Waals surface area contributed by atoms with Crippen LogP contribution in [-0.4, -0.2) is 26.0 Å². The fraction of sp³-hybridized carbons (Fsp3) is 0.500. The molecule has 0 amide bonds. The maximum Gasteiger partial charge on any atom is 0.319 e. The molecule has 0 spiro atoms. The van der Waals surface area contributed by atoms with E-state index in [1.54, 1.807) is 14.0 Å². The fourth-order valence-corrected chi connectivity index (χ4v) is 2.76. The highest BCUT2D eigenvalue weighted by Gasteiger charge is 2.45. The van der Waals surface area contributed by atoms with E-state index >= 15 is 0 Å². The van der Waals surface area contributed by atoms with Gasteiger partial charge in [-0.25, -0.2) is 0 Å². The largest absolute Gasteiger partial charge is 0.497 e. The number of esters is 1. The highest BCUT2D eigenvalue weighted by molar-refractivity contribution is 6.04. The first-order chi connectivity index (χ1) is 9.51. The lowest BCUT2D eigenvalue weighted by Crippen LogP contribution is -2.41. The molecule has 0 unspecified atom stereocenters. The minimum Gasteiger partial charge on any atom is -0.497 e. The molecule has 0 bridgehead atoms. The van der Waals surface area contributed by atoms with E-state index in [0.717, 1.165) is 17.7 Å². The van der Waals surface area contributed by atoms with Crippen molar-refractivity contribution >= 4 is 11.8 Å². The second kappa shape index (κ2) is 5.65. The maximum atomic E-state index is 12.3. The summed E-state index contributed by atoms with van der Waals surface area (Å²) in [5.74, 6) is 0.522. The van der Waals surface area contributed by atoms with Crippen LogP contribution in [-0.2, 0) is 14.3 Å². The molecule has 0 aliphatic heterocycles. The molecule has 0 radical (unpaired) electrons. The van der Waals surface area contributed by atoms with Crippen LogP contribution in [0.4, 0.5) is 0 Å². The fourth-order valence-electron chi connectivity index (χ4n) is 2.76. The highest BCUT2D eigenvalue weighted by Crippen LogP contribution is 2.41. The second-order valence-corrected chi connectivity index (χ2v) is 5.46. The molecule has 108 valence electrons. The highest BCUT2D eigenvalue weighted by atomic mass is 16.5. The summed E-state index contributed by atoms with van der Waals surface area (Å²) in [5.41, 5.74) is 0.142. The summed E-state index contributed by atoms with van der Waals surface area (Å²) in [6.45, 7) is 1.69. The Morgan fingerprint density at radius 1 is 1.25 bits per heavy atom. The number of hydrogen-bond acceptors (Lipinski definition) is 4. The molecule has 4 nitrogen and oxygen atoms in total. The van der Waals surface area contributed by atoms with Gasteiger partial charge >= 0.3 is 5.97 Å². The molecule has 1 aliphatic rings. The first-order valence-corrected chi connectivity index (χ1v) is 6.77. The van der Waals surface area contributed by atoms with Gasteiger partial charge in [0, 0.05) is 6.42 Å². The van der Waals surface area contributed by atoms with Gasteiger partial charge in [-0.3, -0.25) is 9.59 Å². The zero-order valence-corrected chi connectivity index (χ0v) is 12.1. The molecule has 0 aromatic heterocycles. The van der Waals surface area contributed by atoms with Crippen LogP contribution in [0.5, 0.6) is 5.75 Å². The van der Waals surface area contributed by atoms with Gasteiger partial charge in [0.05, 0.1) is 14.2 Å². The van der Waals surface area contributed by atoms with Gasteiger partial charge in [0.25, 0.3) is 0 Å². The monoisotopic (exact) mass is 276 g/mol. The molecule has 0 saturated heterocycles. The molecular formula is C16H20O4. The van der Waals surface area contributed by atoms with Crippen LogP contribution in [0.25, 0.3) is 0 Å². The van der Waals surface area contributed by atoms with E-state index in [-0.39, 0.29) is 11.7 Å². The summed E-state index contributed by atoms with van der Waals surface area (Å²) >= 11 is 0. The number of ether oxygens (including phenoxy) is 2. The predicted molar refractivity (Wildman–Crippen MR) is 74.7 cm³/mol. The van der Waals surface area contributed by atoms with Crippen LogP contribution in [0.2, 0.25) is 0 Å². The van der Waals surface area contributed by atoms with Gasteiger partial charge in [0.1, 0.15) is 11.2 Å². The number of hydrogen-bond donors (Lipinski definition) is 0. The maximum absolute atomic E-state index is 12.3. The predicted octanol–water partition coefficient (Wildman–Crippen LogP) is 2.71. The van der Waals surface area contributed by atoms with E-state index in [9.17, 15) is 9.59 Å². The first-order valence-electron chi connectivity index (χ1n) is 6.77. The van der Waals surface area contributed by atoms with Crippen LogP contribution in [0.3, 0.4) is 0 Å². The average Bonchev–Trinajstić information content (AvgIpc) is 2.49. The Balaban J connectivity index is 2.12. The van der Waals surface area contributed by atoms with Crippen molar-refractivity contribution in [3.8, 4) is 5.75 Å². The quantitative estimate of drug-likeness (QED) is 0.629. The van der Waals surface area contributed by atoms with Crippen molar-refractivity contribution < 1.29 is 19.1 Å². The first kappa shape index (κ1) is 14.6. The Hall–Kier alpha value is -1.84. The normalized spacial score (nSPS) is 26.1. The summed E-state index contributed by atoms with van der Waals surface area (Å²) in [7, 11) is 2.96. The molecule has 1 aromatic rings. The Kier molecular flexibility index (Phi) is 4.12. The number of benzene rings is 1. The summed E-state index contributed by atoms with van der Waals surface area (Å²) in [6.07, 6.45) is 1.73. The molecule has 1 aliphatic carbocycles. The van der Waals surface area contributed by atoms with Crippen LogP contribution in [0, 0.1) is 5.41 Å². The van der Waals surface area contributed by atoms with Crippen molar-refractivity contribution in [2.75, 3.05) is 14.2 Å². The molecule has 2 rings (SSSR count). The number of carbonyl (C=O) groups is 2. The van der Waals surface area contributed by atoms with Crippen molar-refractivity contribution in [3.05, 3.63) is 29.8 Å². The average molecular weight is 276 g/mol. The molecule has 2 atom stereocenters. The van der Waals surface area contributed by atoms with Gasteiger partial charge in [-0.05, 0) is 43.4 Å². The van der Waals surface area contributed by atoms with Crippen LogP contribution in [0.15, 0.2) is 24.3 Å². The lowest BCUT2D eigenvalue weighted by Gasteiger charge is -2.33. The molecule has 4 heteroatoms. The van der Waals surface area contributed by atoms with Gasteiger partial charge < -0.3 is 9.47 Å². The Labute approximate surface area is 119 Å². The molecule has 1 fully saturated rings.